The minimum absolute atomic E-state index is 0.241. The average molecular weight is 262 g/mol. The Kier molecular flexibility index (Phi) is 2.90. The lowest BCUT2D eigenvalue weighted by molar-refractivity contribution is 0.102. The highest BCUT2D eigenvalue weighted by Gasteiger charge is 2.11. The molecule has 1 amide bonds. The van der Waals surface area contributed by atoms with Gasteiger partial charge in [-0.3, -0.25) is 9.89 Å². The zero-order valence-corrected chi connectivity index (χ0v) is 10.4. The molecule has 1 aromatic heterocycles. The van der Waals surface area contributed by atoms with Crippen LogP contribution in [0.25, 0.3) is 10.9 Å². The minimum atomic E-state index is -0.241. The lowest BCUT2D eigenvalue weighted by Gasteiger charge is -2.06. The molecule has 0 aliphatic carbocycles. The summed E-state index contributed by atoms with van der Waals surface area (Å²) in [6.07, 6.45) is 1.67. The van der Waals surface area contributed by atoms with Gasteiger partial charge in [-0.2, -0.15) is 10.4 Å². The van der Waals surface area contributed by atoms with Crippen molar-refractivity contribution in [2.24, 2.45) is 0 Å². The highest BCUT2D eigenvalue weighted by Crippen LogP contribution is 2.18. The molecule has 5 heteroatoms. The van der Waals surface area contributed by atoms with Gasteiger partial charge in [0.1, 0.15) is 0 Å². The van der Waals surface area contributed by atoms with Gasteiger partial charge in [0.25, 0.3) is 5.91 Å². The summed E-state index contributed by atoms with van der Waals surface area (Å²) in [5, 5.41) is 19.3. The number of rotatable bonds is 2. The first-order valence-electron chi connectivity index (χ1n) is 6.01. The molecular weight excluding hydrogens is 252 g/mol. The fourth-order valence-electron chi connectivity index (χ4n) is 2.02. The van der Waals surface area contributed by atoms with E-state index in [0.29, 0.717) is 22.3 Å². The quantitative estimate of drug-likeness (QED) is 0.745. The van der Waals surface area contributed by atoms with Gasteiger partial charge in [0, 0.05) is 11.1 Å². The summed E-state index contributed by atoms with van der Waals surface area (Å²) in [6, 6.07) is 14.2. The molecule has 2 N–H and O–H groups in total. The Morgan fingerprint density at radius 1 is 1.25 bits per heavy atom. The number of aromatic nitrogens is 2. The molecule has 0 saturated carbocycles. The summed E-state index contributed by atoms with van der Waals surface area (Å²) >= 11 is 0. The van der Waals surface area contributed by atoms with Gasteiger partial charge < -0.3 is 5.32 Å². The lowest BCUT2D eigenvalue weighted by Crippen LogP contribution is -2.12. The van der Waals surface area contributed by atoms with Crippen LogP contribution in [0.1, 0.15) is 15.9 Å². The van der Waals surface area contributed by atoms with Gasteiger partial charge in [-0.15, -0.1) is 0 Å². The number of H-pyrrole nitrogens is 1. The van der Waals surface area contributed by atoms with Crippen molar-refractivity contribution in [1.82, 2.24) is 10.2 Å². The standard InChI is InChI=1S/C15H10N4O/c16-8-10-3-1-5-12(7-10)18-15(20)13-6-2-4-11-9-17-19-14(11)13/h1-7,9H,(H,17,19)(H,18,20). The van der Waals surface area contributed by atoms with E-state index >= 15 is 0 Å². The highest BCUT2D eigenvalue weighted by molar-refractivity contribution is 6.11. The number of para-hydroxylation sites is 1. The molecule has 0 unspecified atom stereocenters. The van der Waals surface area contributed by atoms with Gasteiger partial charge in [-0.1, -0.05) is 18.2 Å². The Labute approximate surface area is 114 Å². The molecule has 96 valence electrons. The van der Waals surface area contributed by atoms with E-state index in [4.69, 9.17) is 5.26 Å². The molecule has 2 aromatic carbocycles. The molecule has 0 aliphatic rings. The van der Waals surface area contributed by atoms with E-state index < -0.39 is 0 Å². The Hall–Kier alpha value is -3.13. The molecule has 0 radical (unpaired) electrons. The van der Waals surface area contributed by atoms with Gasteiger partial charge in [0.2, 0.25) is 0 Å². The third-order valence-electron chi connectivity index (χ3n) is 2.97. The molecule has 1 heterocycles. The number of hydrogen-bond acceptors (Lipinski definition) is 3. The monoisotopic (exact) mass is 262 g/mol. The topological polar surface area (TPSA) is 81.6 Å². The van der Waals surface area contributed by atoms with Crippen molar-refractivity contribution in [2.45, 2.75) is 0 Å². The van der Waals surface area contributed by atoms with Crippen LogP contribution in [0.15, 0.2) is 48.7 Å². The van der Waals surface area contributed by atoms with Crippen LogP contribution in [0.5, 0.6) is 0 Å². The Balaban J connectivity index is 1.93. The second-order valence-corrected chi connectivity index (χ2v) is 4.29. The third-order valence-corrected chi connectivity index (χ3v) is 2.97. The maximum absolute atomic E-state index is 12.3. The van der Waals surface area contributed by atoms with E-state index in [9.17, 15) is 4.79 Å². The number of nitrogens with one attached hydrogen (secondary N) is 2. The van der Waals surface area contributed by atoms with Crippen molar-refractivity contribution in [2.75, 3.05) is 5.32 Å². The molecule has 3 rings (SSSR count). The molecule has 0 aliphatic heterocycles. The van der Waals surface area contributed by atoms with Crippen molar-refractivity contribution in [3.8, 4) is 6.07 Å². The number of amides is 1. The summed E-state index contributed by atoms with van der Waals surface area (Å²) < 4.78 is 0. The zero-order chi connectivity index (χ0) is 13.9. The molecule has 3 aromatic rings. The summed E-state index contributed by atoms with van der Waals surface area (Å²) in [6.45, 7) is 0. The van der Waals surface area contributed by atoms with Gasteiger partial charge in [0.15, 0.2) is 0 Å². The van der Waals surface area contributed by atoms with Crippen LogP contribution in [0.3, 0.4) is 0 Å². The molecule has 5 nitrogen and oxygen atoms in total. The number of nitrogens with zero attached hydrogens (tertiary/aromatic N) is 2. The number of fused-ring (bicyclic) bond motifs is 1. The normalized spacial score (nSPS) is 10.2. The first-order chi connectivity index (χ1) is 9.78. The van der Waals surface area contributed by atoms with Crippen LogP contribution in [0, 0.1) is 11.3 Å². The van der Waals surface area contributed by atoms with Crippen molar-refractivity contribution in [3.63, 3.8) is 0 Å². The van der Waals surface area contributed by atoms with Gasteiger partial charge in [0.05, 0.1) is 28.9 Å². The van der Waals surface area contributed by atoms with Crippen LogP contribution in [0.4, 0.5) is 5.69 Å². The van der Waals surface area contributed by atoms with E-state index in [1.807, 2.05) is 12.1 Å². The predicted octanol–water partition coefficient (Wildman–Crippen LogP) is 2.69. The smallest absolute Gasteiger partial charge is 0.257 e. The number of hydrogen-bond donors (Lipinski definition) is 2. The zero-order valence-electron chi connectivity index (χ0n) is 10.4. The molecule has 0 atom stereocenters. The molecule has 0 bridgehead atoms. The van der Waals surface area contributed by atoms with Crippen molar-refractivity contribution in [3.05, 3.63) is 59.8 Å². The van der Waals surface area contributed by atoms with E-state index in [1.54, 1.807) is 42.6 Å². The van der Waals surface area contributed by atoms with Gasteiger partial charge in [-0.25, -0.2) is 0 Å². The van der Waals surface area contributed by atoms with E-state index in [0.717, 1.165) is 5.39 Å². The Bertz CT molecular complexity index is 829. The SMILES string of the molecule is N#Cc1cccc(NC(=O)c2cccc3cn[nH]c23)c1. The number of carbonyl (C=O) groups excluding carboxylic acids is 1. The summed E-state index contributed by atoms with van der Waals surface area (Å²) in [5.74, 6) is -0.241. The maximum Gasteiger partial charge on any atom is 0.257 e. The van der Waals surface area contributed by atoms with Crippen LogP contribution in [-0.2, 0) is 0 Å². The van der Waals surface area contributed by atoms with Gasteiger partial charge >= 0.3 is 0 Å². The van der Waals surface area contributed by atoms with Crippen molar-refractivity contribution in [1.29, 1.82) is 5.26 Å². The van der Waals surface area contributed by atoms with Crippen LogP contribution < -0.4 is 5.32 Å². The second kappa shape index (κ2) is 4.86. The summed E-state index contributed by atoms with van der Waals surface area (Å²) in [4.78, 5) is 12.3. The third kappa shape index (κ3) is 2.10. The second-order valence-electron chi connectivity index (χ2n) is 4.29. The number of aromatic amines is 1. The van der Waals surface area contributed by atoms with Crippen molar-refractivity contribution >= 4 is 22.5 Å². The van der Waals surface area contributed by atoms with Crippen LogP contribution >= 0.6 is 0 Å². The molecule has 0 spiro atoms. The molecule has 0 saturated heterocycles. The van der Waals surface area contributed by atoms with E-state index in [2.05, 4.69) is 15.5 Å². The number of nitriles is 1. The lowest BCUT2D eigenvalue weighted by atomic mass is 10.1. The van der Waals surface area contributed by atoms with Gasteiger partial charge in [-0.05, 0) is 24.3 Å². The number of benzene rings is 2. The molecule has 20 heavy (non-hydrogen) atoms. The molecular formula is C15H10N4O. The summed E-state index contributed by atoms with van der Waals surface area (Å²) in [7, 11) is 0. The Morgan fingerprint density at radius 2 is 2.10 bits per heavy atom. The summed E-state index contributed by atoms with van der Waals surface area (Å²) in [5.41, 5.74) is 2.30. The van der Waals surface area contributed by atoms with Crippen molar-refractivity contribution < 1.29 is 4.79 Å². The maximum atomic E-state index is 12.3. The average Bonchev–Trinajstić information content (AvgIpc) is 2.95. The van der Waals surface area contributed by atoms with E-state index in [-0.39, 0.29) is 5.91 Å². The number of carbonyl (C=O) groups is 1. The predicted molar refractivity (Wildman–Crippen MR) is 75.2 cm³/mol. The van der Waals surface area contributed by atoms with Crippen LogP contribution in [0.2, 0.25) is 0 Å². The largest absolute Gasteiger partial charge is 0.322 e. The Morgan fingerprint density at radius 3 is 2.95 bits per heavy atom. The van der Waals surface area contributed by atoms with Crippen LogP contribution in [-0.4, -0.2) is 16.1 Å². The molecule has 0 fully saturated rings. The first kappa shape index (κ1) is 11.9. The fraction of sp³-hybridized carbons (Fsp3) is 0. The van der Waals surface area contributed by atoms with E-state index in [1.165, 1.54) is 0 Å². The minimum Gasteiger partial charge on any atom is -0.322 e. The number of anilines is 1. The first-order valence-corrected chi connectivity index (χ1v) is 6.01. The highest BCUT2D eigenvalue weighted by atomic mass is 16.1. The fourth-order valence-corrected chi connectivity index (χ4v) is 2.02.